The van der Waals surface area contributed by atoms with E-state index in [4.69, 9.17) is 15.0 Å². The summed E-state index contributed by atoms with van der Waals surface area (Å²) in [5, 5.41) is 0. The van der Waals surface area contributed by atoms with Crippen LogP contribution in [0.15, 0.2) is 176 Å². The normalized spacial score (nSPS) is 13.0. The van der Waals surface area contributed by atoms with E-state index in [1.165, 1.54) is 55.6 Å². The van der Waals surface area contributed by atoms with Gasteiger partial charge in [0.2, 0.25) is 0 Å². The second-order valence-corrected chi connectivity index (χ2v) is 13.1. The largest absolute Gasteiger partial charge is 0.208 e. The molecular weight excluding hydrogens is 607 g/mol. The first-order valence-corrected chi connectivity index (χ1v) is 17.2. The Morgan fingerprint density at radius 2 is 0.580 bits per heavy atom. The number of aromatic nitrogens is 3. The van der Waals surface area contributed by atoms with Crippen molar-refractivity contribution in [1.82, 2.24) is 15.0 Å². The molecule has 0 fully saturated rings. The standard InChI is InChI=1S/C47H31N3/c1-3-15-30(16-4-1)45-48-46(31-17-5-2-6-18-31)50-47(49-45)34-28-32(43-39-23-11-7-19-35(39)36-20-8-12-24-40(36)43)27-33(29-34)44-41-25-13-9-21-37(41)38-22-10-14-26-42(38)44/h1-29,43-44H. The fourth-order valence-corrected chi connectivity index (χ4v) is 8.11. The predicted molar refractivity (Wildman–Crippen MR) is 202 cm³/mol. The lowest BCUT2D eigenvalue weighted by molar-refractivity contribution is 0.970. The van der Waals surface area contributed by atoms with Gasteiger partial charge in [0.25, 0.3) is 0 Å². The lowest BCUT2D eigenvalue weighted by Crippen LogP contribution is -2.06. The van der Waals surface area contributed by atoms with Crippen LogP contribution in [0.4, 0.5) is 0 Å². The van der Waals surface area contributed by atoms with Crippen LogP contribution in [0.5, 0.6) is 0 Å². The number of fused-ring (bicyclic) bond motifs is 6. The Morgan fingerprint density at radius 3 is 0.940 bits per heavy atom. The zero-order valence-corrected chi connectivity index (χ0v) is 27.2. The average molecular weight is 638 g/mol. The molecular formula is C47H31N3. The van der Waals surface area contributed by atoms with Gasteiger partial charge in [-0.05, 0) is 67.8 Å². The molecule has 2 aliphatic carbocycles. The lowest BCUT2D eigenvalue weighted by Gasteiger charge is -2.21. The number of nitrogens with zero attached hydrogens (tertiary/aromatic N) is 3. The van der Waals surface area contributed by atoms with Gasteiger partial charge < -0.3 is 0 Å². The van der Waals surface area contributed by atoms with Gasteiger partial charge in [0.15, 0.2) is 17.5 Å². The number of hydrogen-bond acceptors (Lipinski definition) is 3. The molecule has 10 rings (SSSR count). The van der Waals surface area contributed by atoms with Gasteiger partial charge in [0.05, 0.1) is 0 Å². The van der Waals surface area contributed by atoms with E-state index in [0.29, 0.717) is 17.5 Å². The number of hydrogen-bond donors (Lipinski definition) is 0. The molecule has 0 spiro atoms. The fourth-order valence-electron chi connectivity index (χ4n) is 8.11. The van der Waals surface area contributed by atoms with Crippen LogP contribution in [0.2, 0.25) is 0 Å². The zero-order chi connectivity index (χ0) is 33.0. The maximum Gasteiger partial charge on any atom is 0.164 e. The summed E-state index contributed by atoms with van der Waals surface area (Å²) in [5.74, 6) is 2.15. The highest BCUT2D eigenvalue weighted by Gasteiger charge is 2.33. The molecule has 3 heteroatoms. The first-order chi connectivity index (χ1) is 24.8. The van der Waals surface area contributed by atoms with Crippen molar-refractivity contribution in [3.05, 3.63) is 209 Å². The molecule has 0 bridgehead atoms. The first-order valence-electron chi connectivity index (χ1n) is 17.2. The Balaban J connectivity index is 1.24. The van der Waals surface area contributed by atoms with E-state index in [2.05, 4.69) is 140 Å². The Bertz CT molecular complexity index is 2290. The van der Waals surface area contributed by atoms with E-state index in [1.807, 2.05) is 36.4 Å². The Hall–Kier alpha value is -6.45. The highest BCUT2D eigenvalue weighted by Crippen LogP contribution is 2.51. The van der Waals surface area contributed by atoms with Gasteiger partial charge in [-0.25, -0.2) is 15.0 Å². The van der Waals surface area contributed by atoms with Gasteiger partial charge in [-0.2, -0.15) is 0 Å². The van der Waals surface area contributed by atoms with Crippen molar-refractivity contribution in [2.45, 2.75) is 11.8 Å². The van der Waals surface area contributed by atoms with Crippen LogP contribution in [-0.2, 0) is 0 Å². The summed E-state index contributed by atoms with van der Waals surface area (Å²) in [5.41, 5.74) is 15.9. The molecule has 8 aromatic rings. The summed E-state index contributed by atoms with van der Waals surface area (Å²) in [6.07, 6.45) is 0. The summed E-state index contributed by atoms with van der Waals surface area (Å²) in [6, 6.07) is 62.9. The van der Waals surface area contributed by atoms with Crippen LogP contribution in [0.1, 0.15) is 45.2 Å². The third-order valence-electron chi connectivity index (χ3n) is 10.3. The van der Waals surface area contributed by atoms with Crippen molar-refractivity contribution >= 4 is 0 Å². The second kappa shape index (κ2) is 11.6. The van der Waals surface area contributed by atoms with E-state index < -0.39 is 0 Å². The summed E-state index contributed by atoms with van der Waals surface area (Å²) in [7, 11) is 0. The molecule has 0 aliphatic heterocycles. The van der Waals surface area contributed by atoms with Crippen LogP contribution in [0.25, 0.3) is 56.4 Å². The summed E-state index contributed by atoms with van der Waals surface area (Å²) in [6.45, 7) is 0. The van der Waals surface area contributed by atoms with Crippen LogP contribution in [0, 0.1) is 0 Å². The van der Waals surface area contributed by atoms with Gasteiger partial charge in [0, 0.05) is 28.5 Å². The monoisotopic (exact) mass is 637 g/mol. The number of benzene rings is 7. The summed E-state index contributed by atoms with van der Waals surface area (Å²) >= 11 is 0. The lowest BCUT2D eigenvalue weighted by atomic mass is 9.82. The molecule has 0 unspecified atom stereocenters. The first kappa shape index (κ1) is 28.6. The van der Waals surface area contributed by atoms with Crippen molar-refractivity contribution in [3.63, 3.8) is 0 Å². The van der Waals surface area contributed by atoms with Crippen molar-refractivity contribution in [3.8, 4) is 56.4 Å². The quantitative estimate of drug-likeness (QED) is 0.188. The zero-order valence-electron chi connectivity index (χ0n) is 27.2. The SMILES string of the molecule is c1ccc(-c2nc(-c3ccccc3)nc(-c3cc(C4c5ccccc5-c5ccccc54)cc(C4c5ccccc5-c5ccccc54)c3)n2)cc1. The fraction of sp³-hybridized carbons (Fsp3) is 0.0426. The van der Waals surface area contributed by atoms with E-state index >= 15 is 0 Å². The van der Waals surface area contributed by atoms with E-state index in [0.717, 1.165) is 16.7 Å². The Morgan fingerprint density at radius 1 is 0.280 bits per heavy atom. The van der Waals surface area contributed by atoms with Crippen molar-refractivity contribution in [1.29, 1.82) is 0 Å². The molecule has 1 heterocycles. The molecule has 0 radical (unpaired) electrons. The van der Waals surface area contributed by atoms with Gasteiger partial charge in [0.1, 0.15) is 0 Å². The van der Waals surface area contributed by atoms with Crippen LogP contribution in [0.3, 0.4) is 0 Å². The predicted octanol–water partition coefficient (Wildman–Crippen LogP) is 11.2. The average Bonchev–Trinajstić information content (AvgIpc) is 3.71. The molecule has 7 aromatic carbocycles. The van der Waals surface area contributed by atoms with Crippen LogP contribution >= 0.6 is 0 Å². The van der Waals surface area contributed by atoms with Crippen LogP contribution < -0.4 is 0 Å². The molecule has 1 aromatic heterocycles. The highest BCUT2D eigenvalue weighted by atomic mass is 15.0. The van der Waals surface area contributed by atoms with Crippen molar-refractivity contribution in [2.24, 2.45) is 0 Å². The maximum absolute atomic E-state index is 5.19. The van der Waals surface area contributed by atoms with Gasteiger partial charge in [-0.1, -0.05) is 164 Å². The molecule has 0 saturated carbocycles. The minimum absolute atomic E-state index is 0.0806. The maximum atomic E-state index is 5.19. The summed E-state index contributed by atoms with van der Waals surface area (Å²) in [4.78, 5) is 15.4. The molecule has 234 valence electrons. The molecule has 3 nitrogen and oxygen atoms in total. The Labute approximate surface area is 291 Å². The highest BCUT2D eigenvalue weighted by molar-refractivity contribution is 5.83. The molecule has 50 heavy (non-hydrogen) atoms. The third kappa shape index (κ3) is 4.62. The smallest absolute Gasteiger partial charge is 0.164 e. The third-order valence-corrected chi connectivity index (χ3v) is 10.3. The van der Waals surface area contributed by atoms with Gasteiger partial charge >= 0.3 is 0 Å². The molecule has 0 saturated heterocycles. The van der Waals surface area contributed by atoms with E-state index in [9.17, 15) is 0 Å². The topological polar surface area (TPSA) is 38.7 Å². The van der Waals surface area contributed by atoms with Crippen LogP contribution in [-0.4, -0.2) is 15.0 Å². The summed E-state index contributed by atoms with van der Waals surface area (Å²) < 4.78 is 0. The minimum Gasteiger partial charge on any atom is -0.208 e. The van der Waals surface area contributed by atoms with E-state index in [-0.39, 0.29) is 11.8 Å². The Kier molecular flexibility index (Phi) is 6.63. The molecule has 2 aliphatic rings. The van der Waals surface area contributed by atoms with Crippen molar-refractivity contribution in [2.75, 3.05) is 0 Å². The minimum atomic E-state index is 0.0806. The molecule has 0 N–H and O–H groups in total. The van der Waals surface area contributed by atoms with E-state index in [1.54, 1.807) is 0 Å². The molecule has 0 amide bonds. The second-order valence-electron chi connectivity index (χ2n) is 13.1. The van der Waals surface area contributed by atoms with Crippen molar-refractivity contribution < 1.29 is 0 Å². The number of rotatable bonds is 5. The molecule has 0 atom stereocenters. The van der Waals surface area contributed by atoms with Gasteiger partial charge in [-0.3, -0.25) is 0 Å². The van der Waals surface area contributed by atoms with Gasteiger partial charge in [-0.15, -0.1) is 0 Å².